The molecule has 9 heteroatoms. The van der Waals surface area contributed by atoms with Gasteiger partial charge in [-0.2, -0.15) is 4.31 Å². The maximum absolute atomic E-state index is 13.2. The Morgan fingerprint density at radius 1 is 1.06 bits per heavy atom. The zero-order valence-corrected chi connectivity index (χ0v) is 17.7. The molecule has 0 radical (unpaired) electrons. The second kappa shape index (κ2) is 6.89. The Kier molecular flexibility index (Phi) is 4.49. The first kappa shape index (κ1) is 20.2. The van der Waals surface area contributed by atoms with E-state index in [2.05, 4.69) is 10.6 Å². The highest BCUT2D eigenvalue weighted by Gasteiger charge is 2.43. The smallest absolute Gasteiger partial charge is 0.258 e. The summed E-state index contributed by atoms with van der Waals surface area (Å²) in [7, 11) is -3.78. The molecule has 1 atom stereocenters. The highest BCUT2D eigenvalue weighted by molar-refractivity contribution is 7.89. The van der Waals surface area contributed by atoms with Gasteiger partial charge in [0.1, 0.15) is 5.60 Å². The van der Waals surface area contributed by atoms with E-state index in [4.69, 9.17) is 0 Å². The van der Waals surface area contributed by atoms with Crippen molar-refractivity contribution in [3.8, 4) is 0 Å². The van der Waals surface area contributed by atoms with Gasteiger partial charge in [-0.25, -0.2) is 8.42 Å². The number of anilines is 2. The van der Waals surface area contributed by atoms with Crippen molar-refractivity contribution in [1.29, 1.82) is 0 Å². The minimum absolute atomic E-state index is 0.0763. The number of carbonyl (C=O) groups excluding carboxylic acids is 1. The highest BCUT2D eigenvalue weighted by Crippen LogP contribution is 2.47. The Balaban J connectivity index is 1.60. The van der Waals surface area contributed by atoms with Crippen molar-refractivity contribution in [2.24, 2.45) is 0 Å². The summed E-state index contributed by atoms with van der Waals surface area (Å²) in [4.78, 5) is 12.9. The van der Waals surface area contributed by atoms with E-state index in [-0.39, 0.29) is 23.6 Å². The zero-order chi connectivity index (χ0) is 22.0. The Hall–Kier alpha value is -2.72. The molecule has 0 saturated carbocycles. The lowest BCUT2D eigenvalue weighted by molar-refractivity contribution is -0.110. The van der Waals surface area contributed by atoms with E-state index in [9.17, 15) is 23.4 Å². The molecule has 1 saturated heterocycles. The van der Waals surface area contributed by atoms with Crippen LogP contribution in [0.25, 0.3) is 5.57 Å². The summed E-state index contributed by atoms with van der Waals surface area (Å²) < 4.78 is 27.7. The number of aliphatic hydroxyl groups is 2. The number of sulfonamides is 1. The second-order valence-corrected chi connectivity index (χ2v) is 10.2. The van der Waals surface area contributed by atoms with Crippen molar-refractivity contribution >= 4 is 32.9 Å². The first-order valence-electron chi connectivity index (χ1n) is 10.2. The first-order valence-corrected chi connectivity index (χ1v) is 11.6. The van der Waals surface area contributed by atoms with Crippen LogP contribution in [0.2, 0.25) is 0 Å². The third-order valence-electron chi connectivity index (χ3n) is 6.24. The van der Waals surface area contributed by atoms with E-state index < -0.39 is 27.6 Å². The van der Waals surface area contributed by atoms with Gasteiger partial charge in [0, 0.05) is 35.6 Å². The fourth-order valence-electron chi connectivity index (χ4n) is 4.50. The largest absolute Gasteiger partial charge is 0.393 e. The van der Waals surface area contributed by atoms with Crippen LogP contribution in [0.1, 0.15) is 30.9 Å². The average Bonchev–Trinajstić information content (AvgIpc) is 3.20. The van der Waals surface area contributed by atoms with Crippen LogP contribution in [0.3, 0.4) is 0 Å². The SMILES string of the molecule is C[C@@]1(O)/C(=C2\C(=O)Nc3ccc(S(=O)(=O)N4CCC(O)CC4)cc32)Nc2ccccc21. The predicted molar refractivity (Wildman–Crippen MR) is 116 cm³/mol. The standard InChI is InChI=1S/C22H23N3O5S/c1-22(28)16-4-2-3-5-18(16)23-20(22)19-15-12-14(6-7-17(15)24-21(19)27)31(29,30)25-10-8-13(26)9-11-25/h2-7,12-13,23,26,28H,8-11H2,1H3,(H,24,27)/b20-19+/t22-/m0/s1. The van der Waals surface area contributed by atoms with Gasteiger partial charge in [-0.15, -0.1) is 0 Å². The van der Waals surface area contributed by atoms with Crippen molar-refractivity contribution < 1.29 is 23.4 Å². The monoisotopic (exact) mass is 441 g/mol. The summed E-state index contributed by atoms with van der Waals surface area (Å²) in [6, 6.07) is 11.8. The molecule has 2 aromatic carbocycles. The van der Waals surface area contributed by atoms with Crippen LogP contribution in [0.5, 0.6) is 0 Å². The summed E-state index contributed by atoms with van der Waals surface area (Å²) >= 11 is 0. The summed E-state index contributed by atoms with van der Waals surface area (Å²) in [6.07, 6.45) is 0.303. The number of rotatable bonds is 2. The lowest BCUT2D eigenvalue weighted by Gasteiger charge is -2.28. The molecule has 0 bridgehead atoms. The minimum atomic E-state index is -3.78. The van der Waals surface area contributed by atoms with Crippen molar-refractivity contribution in [2.75, 3.05) is 23.7 Å². The molecule has 3 aliphatic rings. The molecular weight excluding hydrogens is 418 g/mol. The zero-order valence-electron chi connectivity index (χ0n) is 16.9. The van der Waals surface area contributed by atoms with Crippen LogP contribution in [0.15, 0.2) is 53.1 Å². The summed E-state index contributed by atoms with van der Waals surface area (Å²) in [6.45, 7) is 2.10. The number of hydrogen-bond acceptors (Lipinski definition) is 6. The average molecular weight is 442 g/mol. The van der Waals surface area contributed by atoms with E-state index in [1.807, 2.05) is 18.2 Å². The molecule has 0 unspecified atom stereocenters. The van der Waals surface area contributed by atoms with Crippen molar-refractivity contribution in [3.05, 3.63) is 59.3 Å². The number of benzene rings is 2. The summed E-state index contributed by atoms with van der Waals surface area (Å²) in [5.74, 6) is -0.402. The summed E-state index contributed by atoms with van der Waals surface area (Å²) in [5.41, 5.74) is 1.39. The molecule has 1 fully saturated rings. The first-order chi connectivity index (χ1) is 14.7. The van der Waals surface area contributed by atoms with Crippen molar-refractivity contribution in [2.45, 2.75) is 36.4 Å². The van der Waals surface area contributed by atoms with Crippen LogP contribution in [-0.4, -0.2) is 48.0 Å². The number of aliphatic hydroxyl groups excluding tert-OH is 1. The Labute approximate surface area is 180 Å². The third kappa shape index (κ3) is 3.08. The van der Waals surface area contributed by atoms with Crippen LogP contribution in [0, 0.1) is 0 Å². The minimum Gasteiger partial charge on any atom is -0.393 e. The fourth-order valence-corrected chi connectivity index (χ4v) is 6.00. The van der Waals surface area contributed by atoms with E-state index in [1.165, 1.54) is 16.4 Å². The maximum atomic E-state index is 13.2. The molecule has 1 amide bonds. The molecule has 2 aromatic rings. The van der Waals surface area contributed by atoms with Gasteiger partial charge in [0.05, 0.1) is 22.3 Å². The van der Waals surface area contributed by atoms with Gasteiger partial charge in [-0.3, -0.25) is 4.79 Å². The normalized spacial score (nSPS) is 26.4. The molecular formula is C22H23N3O5S. The lowest BCUT2D eigenvalue weighted by atomic mass is 9.91. The van der Waals surface area contributed by atoms with E-state index in [0.717, 1.165) is 0 Å². The molecule has 0 spiro atoms. The molecule has 3 heterocycles. The number of para-hydroxylation sites is 1. The number of fused-ring (bicyclic) bond motifs is 2. The molecule has 0 aliphatic carbocycles. The molecule has 3 aliphatic heterocycles. The van der Waals surface area contributed by atoms with Crippen molar-refractivity contribution in [1.82, 2.24) is 4.31 Å². The van der Waals surface area contributed by atoms with Crippen LogP contribution >= 0.6 is 0 Å². The van der Waals surface area contributed by atoms with Gasteiger partial charge >= 0.3 is 0 Å². The fraction of sp³-hybridized carbons (Fsp3) is 0.318. The lowest BCUT2D eigenvalue weighted by Crippen LogP contribution is -2.40. The van der Waals surface area contributed by atoms with Gasteiger partial charge < -0.3 is 20.8 Å². The van der Waals surface area contributed by atoms with Gasteiger partial charge in [0.25, 0.3) is 5.91 Å². The van der Waals surface area contributed by atoms with E-state index >= 15 is 0 Å². The quantitative estimate of drug-likeness (QED) is 0.528. The van der Waals surface area contributed by atoms with Crippen molar-refractivity contribution in [3.63, 3.8) is 0 Å². The third-order valence-corrected chi connectivity index (χ3v) is 8.14. The molecule has 162 valence electrons. The van der Waals surface area contributed by atoms with E-state index in [1.54, 1.807) is 19.1 Å². The van der Waals surface area contributed by atoms with E-state index in [0.29, 0.717) is 41.0 Å². The molecule has 5 rings (SSSR count). The molecule has 0 aromatic heterocycles. The van der Waals surface area contributed by atoms with Crippen LogP contribution in [-0.2, 0) is 20.4 Å². The number of nitrogens with one attached hydrogen (secondary N) is 2. The summed E-state index contributed by atoms with van der Waals surface area (Å²) in [5, 5.41) is 26.8. The van der Waals surface area contributed by atoms with Gasteiger partial charge in [0.15, 0.2) is 0 Å². The van der Waals surface area contributed by atoms with Crippen LogP contribution in [0.4, 0.5) is 11.4 Å². The van der Waals surface area contributed by atoms with Gasteiger partial charge in [0.2, 0.25) is 10.0 Å². The molecule has 8 nitrogen and oxygen atoms in total. The molecule has 31 heavy (non-hydrogen) atoms. The van der Waals surface area contributed by atoms with Gasteiger partial charge in [-0.05, 0) is 44.0 Å². The number of piperidine rings is 1. The number of amides is 1. The highest BCUT2D eigenvalue weighted by atomic mass is 32.2. The Morgan fingerprint density at radius 3 is 2.48 bits per heavy atom. The van der Waals surface area contributed by atoms with Crippen LogP contribution < -0.4 is 10.6 Å². The number of nitrogens with zero attached hydrogens (tertiary/aromatic N) is 1. The molecule has 4 N–H and O–H groups in total. The van der Waals surface area contributed by atoms with Gasteiger partial charge in [-0.1, -0.05) is 18.2 Å². The maximum Gasteiger partial charge on any atom is 0.258 e. The number of carbonyl (C=O) groups is 1. The number of hydrogen-bond donors (Lipinski definition) is 4. The second-order valence-electron chi connectivity index (χ2n) is 8.29. The Bertz CT molecular complexity index is 1230. The predicted octanol–water partition coefficient (Wildman–Crippen LogP) is 1.83. The Morgan fingerprint density at radius 2 is 1.77 bits per heavy atom. The topological polar surface area (TPSA) is 119 Å².